The molecule has 2 aliphatic rings. The number of likely N-dealkylation sites (tertiary alicyclic amines) is 2. The number of amides is 2. The molecule has 0 aromatic rings. The Morgan fingerprint density at radius 2 is 1.95 bits per heavy atom. The van der Waals surface area contributed by atoms with Crippen LogP contribution >= 0.6 is 0 Å². The smallest absolute Gasteiger partial charge is 0.323 e. The van der Waals surface area contributed by atoms with Crippen molar-refractivity contribution in [2.45, 2.75) is 51.6 Å². The van der Waals surface area contributed by atoms with Gasteiger partial charge < -0.3 is 14.9 Å². The van der Waals surface area contributed by atoms with E-state index in [4.69, 9.17) is 5.11 Å². The molecule has 0 spiro atoms. The highest BCUT2D eigenvalue weighted by Crippen LogP contribution is 2.22. The Morgan fingerprint density at radius 1 is 1.29 bits per heavy atom. The predicted molar refractivity (Wildman–Crippen MR) is 80.3 cm³/mol. The Balaban J connectivity index is 1.95. The lowest BCUT2D eigenvalue weighted by Gasteiger charge is -2.32. The Bertz CT molecular complexity index is 382. The molecule has 0 radical (unpaired) electrons. The molecule has 21 heavy (non-hydrogen) atoms. The standard InChI is InChI=1S/C15H27N3O3/c1-3-12(2)18(11-14(19)20)15(21)17-9-6-13(10-17)16-7-4-5-8-16/h12-13H,3-11H2,1-2H3,(H,19,20). The highest BCUT2D eigenvalue weighted by atomic mass is 16.4. The summed E-state index contributed by atoms with van der Waals surface area (Å²) < 4.78 is 0. The van der Waals surface area contributed by atoms with E-state index in [0.717, 1.165) is 39.0 Å². The fourth-order valence-electron chi connectivity index (χ4n) is 3.28. The van der Waals surface area contributed by atoms with Gasteiger partial charge in [0, 0.05) is 25.2 Å². The van der Waals surface area contributed by atoms with Crippen molar-refractivity contribution in [3.63, 3.8) is 0 Å². The third-order valence-electron chi connectivity index (χ3n) is 4.77. The minimum absolute atomic E-state index is 0.0422. The number of carboxylic acid groups (broad SMARTS) is 1. The minimum atomic E-state index is -0.945. The molecule has 6 heteroatoms. The molecule has 2 fully saturated rings. The molecule has 120 valence electrons. The van der Waals surface area contributed by atoms with E-state index in [1.54, 1.807) is 0 Å². The Kier molecular flexibility index (Phi) is 5.45. The molecule has 2 amide bonds. The van der Waals surface area contributed by atoms with Gasteiger partial charge in [-0.15, -0.1) is 0 Å². The first-order chi connectivity index (χ1) is 10.0. The molecule has 2 rings (SSSR count). The van der Waals surface area contributed by atoms with Crippen LogP contribution in [-0.2, 0) is 4.79 Å². The first-order valence-corrected chi connectivity index (χ1v) is 8.04. The fourth-order valence-corrected chi connectivity index (χ4v) is 3.28. The maximum Gasteiger partial charge on any atom is 0.323 e. The molecule has 0 bridgehead atoms. The Hall–Kier alpha value is -1.30. The van der Waals surface area contributed by atoms with Gasteiger partial charge in [0.05, 0.1) is 0 Å². The molecule has 2 atom stereocenters. The lowest BCUT2D eigenvalue weighted by atomic mass is 10.2. The van der Waals surface area contributed by atoms with Crippen LogP contribution in [0, 0.1) is 0 Å². The van der Waals surface area contributed by atoms with Crippen molar-refractivity contribution in [2.24, 2.45) is 0 Å². The lowest BCUT2D eigenvalue weighted by Crippen LogP contribution is -2.49. The number of carbonyl (C=O) groups excluding carboxylic acids is 1. The minimum Gasteiger partial charge on any atom is -0.480 e. The molecule has 0 aromatic heterocycles. The van der Waals surface area contributed by atoms with Gasteiger partial charge in [0.15, 0.2) is 0 Å². The van der Waals surface area contributed by atoms with Crippen molar-refractivity contribution >= 4 is 12.0 Å². The summed E-state index contributed by atoms with van der Waals surface area (Å²) in [4.78, 5) is 29.4. The number of urea groups is 1. The summed E-state index contributed by atoms with van der Waals surface area (Å²) in [5.74, 6) is -0.945. The van der Waals surface area contributed by atoms with Crippen molar-refractivity contribution in [3.8, 4) is 0 Å². The summed E-state index contributed by atoms with van der Waals surface area (Å²) >= 11 is 0. The van der Waals surface area contributed by atoms with Crippen molar-refractivity contribution in [3.05, 3.63) is 0 Å². The summed E-state index contributed by atoms with van der Waals surface area (Å²) in [5, 5.41) is 9.02. The molecule has 0 saturated carbocycles. The van der Waals surface area contributed by atoms with Gasteiger partial charge in [-0.25, -0.2) is 4.79 Å². The summed E-state index contributed by atoms with van der Waals surface area (Å²) in [6.07, 6.45) is 4.28. The molecule has 2 unspecified atom stereocenters. The normalized spacial score (nSPS) is 24.3. The SMILES string of the molecule is CCC(C)N(CC(=O)O)C(=O)N1CCC(N2CCCC2)C1. The highest BCUT2D eigenvalue weighted by molar-refractivity contribution is 5.80. The van der Waals surface area contributed by atoms with Gasteiger partial charge >= 0.3 is 12.0 Å². The number of carboxylic acids is 1. The molecular formula is C15H27N3O3. The Labute approximate surface area is 126 Å². The second-order valence-corrected chi connectivity index (χ2v) is 6.19. The second kappa shape index (κ2) is 7.11. The van der Waals surface area contributed by atoms with Crippen LogP contribution in [0.25, 0.3) is 0 Å². The van der Waals surface area contributed by atoms with Gasteiger partial charge in [-0.05, 0) is 45.7 Å². The summed E-state index contributed by atoms with van der Waals surface area (Å²) in [6.45, 7) is 7.43. The van der Waals surface area contributed by atoms with Crippen molar-refractivity contribution in [2.75, 3.05) is 32.7 Å². The highest BCUT2D eigenvalue weighted by Gasteiger charge is 2.34. The van der Waals surface area contributed by atoms with Crippen LogP contribution in [0.5, 0.6) is 0 Å². The number of nitrogens with zero attached hydrogens (tertiary/aromatic N) is 3. The molecular weight excluding hydrogens is 270 g/mol. The van der Waals surface area contributed by atoms with E-state index in [-0.39, 0.29) is 18.6 Å². The number of hydrogen-bond acceptors (Lipinski definition) is 3. The third-order valence-corrected chi connectivity index (χ3v) is 4.77. The van der Waals surface area contributed by atoms with Gasteiger partial charge in [-0.3, -0.25) is 9.69 Å². The van der Waals surface area contributed by atoms with Crippen LogP contribution in [0.2, 0.25) is 0 Å². The number of aliphatic carboxylic acids is 1. The second-order valence-electron chi connectivity index (χ2n) is 6.19. The van der Waals surface area contributed by atoms with Crippen molar-refractivity contribution in [1.29, 1.82) is 0 Å². The number of carbonyl (C=O) groups is 2. The number of hydrogen-bond donors (Lipinski definition) is 1. The van der Waals surface area contributed by atoms with Gasteiger partial charge in [0.1, 0.15) is 6.54 Å². The van der Waals surface area contributed by atoms with Crippen LogP contribution < -0.4 is 0 Å². The Morgan fingerprint density at radius 3 is 2.52 bits per heavy atom. The molecule has 2 heterocycles. The van der Waals surface area contributed by atoms with Gasteiger partial charge in [-0.2, -0.15) is 0 Å². The summed E-state index contributed by atoms with van der Waals surface area (Å²) in [5.41, 5.74) is 0. The van der Waals surface area contributed by atoms with E-state index in [1.807, 2.05) is 18.7 Å². The van der Waals surface area contributed by atoms with Crippen LogP contribution in [0.4, 0.5) is 4.79 Å². The van der Waals surface area contributed by atoms with E-state index >= 15 is 0 Å². The predicted octanol–water partition coefficient (Wildman–Crippen LogP) is 1.46. The van der Waals surface area contributed by atoms with E-state index in [2.05, 4.69) is 4.90 Å². The quantitative estimate of drug-likeness (QED) is 0.834. The van der Waals surface area contributed by atoms with Crippen LogP contribution in [0.3, 0.4) is 0 Å². The molecule has 6 nitrogen and oxygen atoms in total. The molecule has 2 aliphatic heterocycles. The van der Waals surface area contributed by atoms with Crippen LogP contribution in [0.15, 0.2) is 0 Å². The first kappa shape index (κ1) is 16.1. The summed E-state index contributed by atoms with van der Waals surface area (Å²) in [6, 6.07) is 0.299. The van der Waals surface area contributed by atoms with Crippen molar-refractivity contribution in [1.82, 2.24) is 14.7 Å². The van der Waals surface area contributed by atoms with E-state index in [1.165, 1.54) is 17.7 Å². The third kappa shape index (κ3) is 3.87. The van der Waals surface area contributed by atoms with Gasteiger partial charge in [0.2, 0.25) is 0 Å². The summed E-state index contributed by atoms with van der Waals surface area (Å²) in [7, 11) is 0. The first-order valence-electron chi connectivity index (χ1n) is 8.04. The zero-order chi connectivity index (χ0) is 15.4. The topological polar surface area (TPSA) is 64.1 Å². The molecule has 1 N–H and O–H groups in total. The monoisotopic (exact) mass is 297 g/mol. The van der Waals surface area contributed by atoms with Gasteiger partial charge in [0.25, 0.3) is 0 Å². The van der Waals surface area contributed by atoms with E-state index < -0.39 is 5.97 Å². The molecule has 0 aliphatic carbocycles. The average Bonchev–Trinajstić information content (AvgIpc) is 3.12. The average molecular weight is 297 g/mol. The zero-order valence-corrected chi connectivity index (χ0v) is 13.1. The molecule has 0 aromatic carbocycles. The maximum atomic E-state index is 12.6. The van der Waals surface area contributed by atoms with Crippen LogP contribution in [0.1, 0.15) is 39.5 Å². The largest absolute Gasteiger partial charge is 0.480 e. The van der Waals surface area contributed by atoms with Gasteiger partial charge in [-0.1, -0.05) is 6.92 Å². The fraction of sp³-hybridized carbons (Fsp3) is 0.867. The van der Waals surface area contributed by atoms with E-state index in [0.29, 0.717) is 6.04 Å². The maximum absolute atomic E-state index is 12.6. The van der Waals surface area contributed by atoms with E-state index in [9.17, 15) is 9.59 Å². The van der Waals surface area contributed by atoms with Crippen molar-refractivity contribution < 1.29 is 14.7 Å². The lowest BCUT2D eigenvalue weighted by molar-refractivity contribution is -0.138. The number of rotatable bonds is 5. The molecule has 2 saturated heterocycles. The zero-order valence-electron chi connectivity index (χ0n) is 13.1. The van der Waals surface area contributed by atoms with Crippen LogP contribution in [-0.4, -0.2) is 76.6 Å².